The zero-order chi connectivity index (χ0) is 23.5. The number of carbonyl (C=O) groups excluding carboxylic acids is 1. The lowest BCUT2D eigenvalue weighted by atomic mass is 9.95. The number of likely N-dealkylation sites (N-methyl/N-ethyl adjacent to an activating group) is 1. The van der Waals surface area contributed by atoms with Crippen molar-refractivity contribution in [2.45, 2.75) is 18.9 Å². The number of rotatable bonds is 6. The topological polar surface area (TPSA) is 90.3 Å². The Hall–Kier alpha value is -3.89. The number of fused-ring (bicyclic) bond motifs is 2. The van der Waals surface area contributed by atoms with Crippen LogP contribution in [0.2, 0.25) is 0 Å². The summed E-state index contributed by atoms with van der Waals surface area (Å²) < 4.78 is 6.09. The Balaban J connectivity index is 1.18. The molecule has 0 saturated heterocycles. The van der Waals surface area contributed by atoms with E-state index in [4.69, 9.17) is 10.00 Å². The van der Waals surface area contributed by atoms with Crippen molar-refractivity contribution in [3.63, 3.8) is 0 Å². The van der Waals surface area contributed by atoms with Crippen LogP contribution < -0.4 is 15.4 Å². The molecule has 3 heterocycles. The highest BCUT2D eigenvalue weighted by Gasteiger charge is 2.23. The molecule has 5 rings (SSSR count). The number of nitrogens with one attached hydrogen (secondary N) is 2. The van der Waals surface area contributed by atoms with Crippen molar-refractivity contribution in [3.05, 3.63) is 77.0 Å². The molecule has 2 aliphatic rings. The van der Waals surface area contributed by atoms with Crippen LogP contribution >= 0.6 is 0 Å². The number of hydrogen-bond acceptors (Lipinski definition) is 6. The lowest BCUT2D eigenvalue weighted by Crippen LogP contribution is -2.40. The summed E-state index contributed by atoms with van der Waals surface area (Å²) in [6.45, 7) is 3.00. The molecule has 2 aliphatic heterocycles. The monoisotopic (exact) mass is 453 g/mol. The summed E-state index contributed by atoms with van der Waals surface area (Å²) in [4.78, 5) is 18.9. The summed E-state index contributed by atoms with van der Waals surface area (Å²) in [6.07, 6.45) is 3.57. The van der Waals surface area contributed by atoms with Gasteiger partial charge in [0.25, 0.3) is 5.91 Å². The molecule has 2 N–H and O–H groups in total. The highest BCUT2D eigenvalue weighted by Crippen LogP contribution is 2.32. The van der Waals surface area contributed by atoms with Gasteiger partial charge in [-0.1, -0.05) is 24.3 Å². The Morgan fingerprint density at radius 1 is 1.21 bits per heavy atom. The maximum atomic E-state index is 12.5. The lowest BCUT2D eigenvalue weighted by molar-refractivity contribution is 0.0781. The fourth-order valence-corrected chi connectivity index (χ4v) is 4.38. The fraction of sp³-hybridized carbons (Fsp3) is 0.296. The lowest BCUT2D eigenvalue weighted by Gasteiger charge is -2.27. The SMILES string of the molecule is CN1CCc2ccc(-c3cnc4c(c3)NC[C@@H](CNCCc3ccc(C#N)cc3)O4)cc2C1=O. The zero-order valence-corrected chi connectivity index (χ0v) is 19.2. The fourth-order valence-electron chi connectivity index (χ4n) is 4.38. The Kier molecular flexibility index (Phi) is 6.15. The number of anilines is 1. The number of amides is 1. The van der Waals surface area contributed by atoms with E-state index in [1.165, 1.54) is 5.56 Å². The van der Waals surface area contributed by atoms with Gasteiger partial charge in [0.1, 0.15) is 6.10 Å². The summed E-state index contributed by atoms with van der Waals surface area (Å²) in [5.41, 5.74) is 6.56. The van der Waals surface area contributed by atoms with Crippen molar-refractivity contribution in [2.75, 3.05) is 38.5 Å². The molecule has 1 aromatic heterocycles. The predicted octanol–water partition coefficient (Wildman–Crippen LogP) is 3.25. The summed E-state index contributed by atoms with van der Waals surface area (Å²) in [7, 11) is 1.85. The molecular formula is C27H27N5O2. The molecule has 0 unspecified atom stereocenters. The average Bonchev–Trinajstić information content (AvgIpc) is 2.88. The van der Waals surface area contributed by atoms with Gasteiger partial charge in [-0.3, -0.25) is 4.79 Å². The van der Waals surface area contributed by atoms with E-state index in [1.807, 2.05) is 43.4 Å². The van der Waals surface area contributed by atoms with Gasteiger partial charge in [0.15, 0.2) is 0 Å². The molecule has 2 aromatic carbocycles. The minimum Gasteiger partial charge on any atom is -0.470 e. The molecule has 1 amide bonds. The number of carbonyl (C=O) groups is 1. The van der Waals surface area contributed by atoms with Crippen molar-refractivity contribution in [1.82, 2.24) is 15.2 Å². The maximum absolute atomic E-state index is 12.5. The maximum Gasteiger partial charge on any atom is 0.253 e. The second-order valence-corrected chi connectivity index (χ2v) is 8.81. The predicted molar refractivity (Wildman–Crippen MR) is 131 cm³/mol. The third-order valence-corrected chi connectivity index (χ3v) is 6.43. The van der Waals surface area contributed by atoms with Crippen molar-refractivity contribution >= 4 is 11.6 Å². The minimum atomic E-state index is -0.0104. The van der Waals surface area contributed by atoms with Crippen molar-refractivity contribution in [1.29, 1.82) is 5.26 Å². The van der Waals surface area contributed by atoms with Gasteiger partial charge in [0.05, 0.1) is 23.9 Å². The molecule has 0 aliphatic carbocycles. The van der Waals surface area contributed by atoms with Crippen molar-refractivity contribution in [3.8, 4) is 23.1 Å². The van der Waals surface area contributed by atoms with Crippen LogP contribution in [0.5, 0.6) is 5.88 Å². The van der Waals surface area contributed by atoms with Crippen LogP contribution in [-0.2, 0) is 12.8 Å². The third-order valence-electron chi connectivity index (χ3n) is 6.43. The second kappa shape index (κ2) is 9.54. The van der Waals surface area contributed by atoms with Gasteiger partial charge in [-0.2, -0.15) is 5.26 Å². The first-order chi connectivity index (χ1) is 16.6. The van der Waals surface area contributed by atoms with Crippen LogP contribution in [0.25, 0.3) is 11.1 Å². The number of hydrogen-bond donors (Lipinski definition) is 2. The van der Waals surface area contributed by atoms with Crippen molar-refractivity contribution in [2.24, 2.45) is 0 Å². The van der Waals surface area contributed by atoms with Crippen molar-refractivity contribution < 1.29 is 9.53 Å². The van der Waals surface area contributed by atoms with Crippen LogP contribution in [0.4, 0.5) is 5.69 Å². The van der Waals surface area contributed by atoms with Gasteiger partial charge < -0.3 is 20.3 Å². The number of pyridine rings is 1. The number of aromatic nitrogens is 1. The van der Waals surface area contributed by atoms with Crippen LogP contribution in [-0.4, -0.2) is 55.1 Å². The van der Waals surface area contributed by atoms with Gasteiger partial charge in [-0.25, -0.2) is 4.98 Å². The minimum absolute atomic E-state index is 0.0104. The summed E-state index contributed by atoms with van der Waals surface area (Å²) in [5, 5.41) is 15.8. The number of nitrogens with zero attached hydrogens (tertiary/aromatic N) is 3. The van der Waals surface area contributed by atoms with E-state index in [9.17, 15) is 4.79 Å². The molecule has 7 nitrogen and oxygen atoms in total. The summed E-state index contributed by atoms with van der Waals surface area (Å²) in [5.74, 6) is 0.674. The molecular weight excluding hydrogens is 426 g/mol. The van der Waals surface area contributed by atoms with Gasteiger partial charge in [-0.15, -0.1) is 0 Å². The van der Waals surface area contributed by atoms with Crippen LogP contribution in [0.3, 0.4) is 0 Å². The molecule has 0 radical (unpaired) electrons. The molecule has 0 bridgehead atoms. The van der Waals surface area contributed by atoms with E-state index >= 15 is 0 Å². The largest absolute Gasteiger partial charge is 0.470 e. The third kappa shape index (κ3) is 4.59. The van der Waals surface area contributed by atoms with E-state index in [0.717, 1.165) is 53.9 Å². The van der Waals surface area contributed by atoms with Crippen LogP contribution in [0.1, 0.15) is 27.0 Å². The first-order valence-corrected chi connectivity index (χ1v) is 11.6. The zero-order valence-electron chi connectivity index (χ0n) is 19.2. The van der Waals surface area contributed by atoms with E-state index in [1.54, 1.807) is 11.1 Å². The van der Waals surface area contributed by atoms with Crippen LogP contribution in [0.15, 0.2) is 54.7 Å². The molecule has 0 spiro atoms. The smallest absolute Gasteiger partial charge is 0.253 e. The van der Waals surface area contributed by atoms with Gasteiger partial charge in [0.2, 0.25) is 5.88 Å². The number of nitriles is 1. The van der Waals surface area contributed by atoms with E-state index in [2.05, 4.69) is 33.8 Å². The van der Waals surface area contributed by atoms with E-state index in [0.29, 0.717) is 24.5 Å². The normalized spacial score (nSPS) is 16.6. The first kappa shape index (κ1) is 21.9. The molecule has 0 fully saturated rings. The molecule has 3 aromatic rings. The Morgan fingerprint density at radius 3 is 2.88 bits per heavy atom. The molecule has 34 heavy (non-hydrogen) atoms. The summed E-state index contributed by atoms with van der Waals surface area (Å²) in [6, 6.07) is 17.9. The Bertz CT molecular complexity index is 1250. The van der Waals surface area contributed by atoms with Gasteiger partial charge >= 0.3 is 0 Å². The number of benzene rings is 2. The summed E-state index contributed by atoms with van der Waals surface area (Å²) >= 11 is 0. The highest BCUT2D eigenvalue weighted by atomic mass is 16.5. The van der Waals surface area contributed by atoms with Crippen LogP contribution in [0, 0.1) is 11.3 Å². The second-order valence-electron chi connectivity index (χ2n) is 8.81. The molecule has 7 heteroatoms. The Labute approximate surface area is 199 Å². The molecule has 1 atom stereocenters. The first-order valence-electron chi connectivity index (χ1n) is 11.6. The molecule has 0 saturated carbocycles. The molecule has 172 valence electrons. The standard InChI is InChI=1S/C27H27N5O2/c1-32-11-9-20-6-7-21(12-24(20)27(32)33)22-13-25-26(31-15-22)34-23(17-30-25)16-29-10-8-18-2-4-19(14-28)5-3-18/h2-7,12-13,15,23,29-30H,8-11,16-17H2,1H3/t23-/m1/s1. The average molecular weight is 454 g/mol. The van der Waals surface area contributed by atoms with Gasteiger partial charge in [0, 0.05) is 37.5 Å². The highest BCUT2D eigenvalue weighted by molar-refractivity contribution is 5.98. The number of ether oxygens (including phenoxy) is 1. The van der Waals surface area contributed by atoms with E-state index < -0.39 is 0 Å². The van der Waals surface area contributed by atoms with Gasteiger partial charge in [-0.05, 0) is 60.3 Å². The Morgan fingerprint density at radius 2 is 2.06 bits per heavy atom. The quantitative estimate of drug-likeness (QED) is 0.557. The van der Waals surface area contributed by atoms with E-state index in [-0.39, 0.29) is 12.0 Å².